The highest BCUT2D eigenvalue weighted by Gasteiger charge is 2.51. The standard InChI is InChI=1S/C19H16F2N2O3/c1-2-19(13-6-8-14(20)9-7-13)17(25)23(18(26)22-19)11-16(24)12-4-3-5-15(21)10-12/h3-10H,2,11H2,1H3,(H,22,26)/t19-/m0/s1. The van der Waals surface area contributed by atoms with Gasteiger partial charge in [0.15, 0.2) is 5.78 Å². The van der Waals surface area contributed by atoms with Crippen molar-refractivity contribution < 1.29 is 23.2 Å². The lowest BCUT2D eigenvalue weighted by Gasteiger charge is -2.25. The molecule has 1 atom stereocenters. The molecule has 0 spiro atoms. The van der Waals surface area contributed by atoms with Gasteiger partial charge in [-0.2, -0.15) is 0 Å². The van der Waals surface area contributed by atoms with Crippen LogP contribution in [0, 0.1) is 11.6 Å². The Morgan fingerprint density at radius 3 is 2.38 bits per heavy atom. The first-order chi connectivity index (χ1) is 12.4. The third-order valence-corrected chi connectivity index (χ3v) is 4.49. The number of benzene rings is 2. The number of hydrogen-bond donors (Lipinski definition) is 1. The lowest BCUT2D eigenvalue weighted by atomic mass is 9.87. The Hall–Kier alpha value is -3.09. The number of Topliss-reactive ketones (excluding diaryl/α,β-unsaturated/α-hetero) is 1. The van der Waals surface area contributed by atoms with Crippen LogP contribution < -0.4 is 5.32 Å². The molecule has 26 heavy (non-hydrogen) atoms. The van der Waals surface area contributed by atoms with Crippen molar-refractivity contribution in [1.29, 1.82) is 0 Å². The molecule has 0 radical (unpaired) electrons. The van der Waals surface area contributed by atoms with Crippen LogP contribution in [0.2, 0.25) is 0 Å². The van der Waals surface area contributed by atoms with E-state index in [1.807, 2.05) is 0 Å². The molecule has 2 aromatic carbocycles. The molecule has 0 aromatic heterocycles. The van der Waals surface area contributed by atoms with Gasteiger partial charge in [-0.3, -0.25) is 14.5 Å². The number of halogens is 2. The molecule has 0 saturated carbocycles. The van der Waals surface area contributed by atoms with Crippen molar-refractivity contribution in [2.24, 2.45) is 0 Å². The van der Waals surface area contributed by atoms with E-state index in [1.54, 1.807) is 6.92 Å². The minimum atomic E-state index is -1.35. The molecule has 0 unspecified atom stereocenters. The Labute approximate surface area is 148 Å². The SMILES string of the molecule is CC[C@@]1(c2ccc(F)cc2)NC(=O)N(CC(=O)c2cccc(F)c2)C1=O. The molecule has 1 aliphatic rings. The fourth-order valence-electron chi connectivity index (χ4n) is 3.04. The lowest BCUT2D eigenvalue weighted by molar-refractivity contribution is -0.131. The largest absolute Gasteiger partial charge is 0.325 e. The number of hydrogen-bond acceptors (Lipinski definition) is 3. The highest BCUT2D eigenvalue weighted by atomic mass is 19.1. The molecule has 3 rings (SSSR count). The van der Waals surface area contributed by atoms with Gasteiger partial charge in [0.25, 0.3) is 5.91 Å². The van der Waals surface area contributed by atoms with E-state index in [0.29, 0.717) is 5.56 Å². The van der Waals surface area contributed by atoms with Crippen LogP contribution in [-0.4, -0.2) is 29.2 Å². The number of rotatable bonds is 5. The molecule has 1 N–H and O–H groups in total. The third-order valence-electron chi connectivity index (χ3n) is 4.49. The number of imide groups is 1. The van der Waals surface area contributed by atoms with Crippen molar-refractivity contribution in [2.75, 3.05) is 6.54 Å². The van der Waals surface area contributed by atoms with E-state index < -0.39 is 41.4 Å². The second-order valence-corrected chi connectivity index (χ2v) is 6.02. The van der Waals surface area contributed by atoms with Crippen LogP contribution in [0.15, 0.2) is 48.5 Å². The van der Waals surface area contributed by atoms with Gasteiger partial charge < -0.3 is 5.32 Å². The van der Waals surface area contributed by atoms with Crippen LogP contribution in [0.25, 0.3) is 0 Å². The van der Waals surface area contributed by atoms with E-state index in [1.165, 1.54) is 42.5 Å². The van der Waals surface area contributed by atoms with Crippen LogP contribution >= 0.6 is 0 Å². The highest BCUT2D eigenvalue weighted by Crippen LogP contribution is 2.32. The van der Waals surface area contributed by atoms with Gasteiger partial charge in [0.05, 0.1) is 6.54 Å². The Morgan fingerprint density at radius 2 is 1.77 bits per heavy atom. The normalized spacial score (nSPS) is 19.6. The van der Waals surface area contributed by atoms with E-state index in [4.69, 9.17) is 0 Å². The molecule has 1 heterocycles. The number of carbonyl (C=O) groups excluding carboxylic acids is 3. The molecule has 5 nitrogen and oxygen atoms in total. The summed E-state index contributed by atoms with van der Waals surface area (Å²) in [5.74, 6) is -2.20. The Bertz CT molecular complexity index is 883. The van der Waals surface area contributed by atoms with Crippen LogP contribution in [0.5, 0.6) is 0 Å². The number of urea groups is 1. The molecule has 0 bridgehead atoms. The summed E-state index contributed by atoms with van der Waals surface area (Å²) < 4.78 is 26.5. The molecule has 134 valence electrons. The van der Waals surface area contributed by atoms with Crippen LogP contribution in [0.1, 0.15) is 29.3 Å². The summed E-state index contributed by atoms with van der Waals surface area (Å²) in [5, 5.41) is 2.61. The Morgan fingerprint density at radius 1 is 1.08 bits per heavy atom. The summed E-state index contributed by atoms with van der Waals surface area (Å²) in [5.41, 5.74) is -0.852. The molecule has 1 aliphatic heterocycles. The summed E-state index contributed by atoms with van der Waals surface area (Å²) in [7, 11) is 0. The molecule has 2 aromatic rings. The zero-order valence-corrected chi connectivity index (χ0v) is 14.0. The van der Waals surface area contributed by atoms with Crippen molar-refractivity contribution in [3.8, 4) is 0 Å². The molecule has 7 heteroatoms. The Kier molecular flexibility index (Phi) is 4.54. The van der Waals surface area contributed by atoms with Crippen molar-refractivity contribution in [1.82, 2.24) is 10.2 Å². The molecule has 0 aliphatic carbocycles. The maximum absolute atomic E-state index is 13.3. The number of amides is 3. The monoisotopic (exact) mass is 358 g/mol. The first-order valence-corrected chi connectivity index (χ1v) is 8.06. The van der Waals surface area contributed by atoms with E-state index in [9.17, 15) is 23.2 Å². The summed E-state index contributed by atoms with van der Waals surface area (Å²) in [6.45, 7) is 1.20. The molecule has 3 amide bonds. The number of nitrogens with zero attached hydrogens (tertiary/aromatic N) is 1. The smallest absolute Gasteiger partial charge is 0.319 e. The summed E-state index contributed by atoms with van der Waals surface area (Å²) >= 11 is 0. The van der Waals surface area contributed by atoms with Gasteiger partial charge in [0.1, 0.15) is 17.2 Å². The van der Waals surface area contributed by atoms with Gasteiger partial charge >= 0.3 is 6.03 Å². The van der Waals surface area contributed by atoms with Gasteiger partial charge in [-0.15, -0.1) is 0 Å². The number of carbonyl (C=O) groups is 3. The van der Waals surface area contributed by atoms with Crippen molar-refractivity contribution in [2.45, 2.75) is 18.9 Å². The number of ketones is 1. The topological polar surface area (TPSA) is 66.5 Å². The zero-order valence-electron chi connectivity index (χ0n) is 14.0. The fraction of sp³-hybridized carbons (Fsp3) is 0.211. The zero-order chi connectivity index (χ0) is 18.9. The maximum Gasteiger partial charge on any atom is 0.325 e. The van der Waals surface area contributed by atoms with Crippen LogP contribution in [-0.2, 0) is 10.3 Å². The average Bonchev–Trinajstić information content (AvgIpc) is 2.87. The second-order valence-electron chi connectivity index (χ2n) is 6.02. The third kappa shape index (κ3) is 2.96. The predicted molar refractivity (Wildman–Crippen MR) is 89.3 cm³/mol. The van der Waals surface area contributed by atoms with Gasteiger partial charge in [-0.25, -0.2) is 13.6 Å². The van der Waals surface area contributed by atoms with Gasteiger partial charge in [-0.1, -0.05) is 31.2 Å². The minimum Gasteiger partial charge on any atom is -0.319 e. The summed E-state index contributed by atoms with van der Waals surface area (Å²) in [6, 6.07) is 9.57. The maximum atomic E-state index is 13.3. The quantitative estimate of drug-likeness (QED) is 0.660. The lowest BCUT2D eigenvalue weighted by Crippen LogP contribution is -2.43. The minimum absolute atomic E-state index is 0.0707. The fourth-order valence-corrected chi connectivity index (χ4v) is 3.04. The van der Waals surface area contributed by atoms with Gasteiger partial charge in [0.2, 0.25) is 0 Å². The van der Waals surface area contributed by atoms with E-state index in [-0.39, 0.29) is 12.0 Å². The molecule has 1 saturated heterocycles. The first-order valence-electron chi connectivity index (χ1n) is 8.06. The summed E-state index contributed by atoms with van der Waals surface area (Å²) in [4.78, 5) is 38.4. The van der Waals surface area contributed by atoms with E-state index in [0.717, 1.165) is 11.0 Å². The van der Waals surface area contributed by atoms with Crippen LogP contribution in [0.3, 0.4) is 0 Å². The van der Waals surface area contributed by atoms with E-state index in [2.05, 4.69) is 5.32 Å². The number of nitrogens with one attached hydrogen (secondary N) is 1. The summed E-state index contributed by atoms with van der Waals surface area (Å²) in [6.07, 6.45) is 0.230. The highest BCUT2D eigenvalue weighted by molar-refractivity contribution is 6.11. The van der Waals surface area contributed by atoms with Crippen molar-refractivity contribution >= 4 is 17.7 Å². The van der Waals surface area contributed by atoms with E-state index >= 15 is 0 Å². The van der Waals surface area contributed by atoms with Crippen molar-refractivity contribution in [3.05, 3.63) is 71.3 Å². The second kappa shape index (κ2) is 6.67. The molecular formula is C19H16F2N2O3. The molecule has 1 fully saturated rings. The van der Waals surface area contributed by atoms with Gasteiger partial charge in [0, 0.05) is 5.56 Å². The predicted octanol–water partition coefficient (Wildman–Crippen LogP) is 3.00. The first kappa shape index (κ1) is 17.7. The Balaban J connectivity index is 1.88. The average molecular weight is 358 g/mol. The van der Waals surface area contributed by atoms with Gasteiger partial charge in [-0.05, 0) is 36.2 Å². The molecular weight excluding hydrogens is 342 g/mol. The van der Waals surface area contributed by atoms with Crippen molar-refractivity contribution in [3.63, 3.8) is 0 Å². The van der Waals surface area contributed by atoms with Crippen LogP contribution in [0.4, 0.5) is 13.6 Å².